The third kappa shape index (κ3) is 4.73. The van der Waals surface area contributed by atoms with E-state index in [-0.39, 0.29) is 11.3 Å². The summed E-state index contributed by atoms with van der Waals surface area (Å²) in [6, 6.07) is 9.61. The molecule has 2 aliphatic carbocycles. The average molecular weight is 437 g/mol. The summed E-state index contributed by atoms with van der Waals surface area (Å²) in [6.07, 6.45) is 17.6. The van der Waals surface area contributed by atoms with Crippen LogP contribution < -0.4 is 0 Å². The van der Waals surface area contributed by atoms with Crippen LogP contribution >= 0.6 is 20.1 Å². The highest BCUT2D eigenvalue weighted by atomic mass is 32.3. The van der Waals surface area contributed by atoms with E-state index in [1.54, 1.807) is 4.90 Å². The van der Waals surface area contributed by atoms with E-state index in [4.69, 9.17) is 17.7 Å². The topological polar surface area (TPSA) is 29.5 Å². The Morgan fingerprint density at radius 3 is 2.00 bits per heavy atom. The first-order chi connectivity index (χ1) is 13.6. The third-order valence-electron chi connectivity index (χ3n) is 7.81. The fourth-order valence-corrected chi connectivity index (χ4v) is 11.3. The SMILES string of the molecule is [B]C(C)(CCCOCCO)S(C)(C)c1ccc(S(C)(C)C2C3CCC2CC3)cc1. The van der Waals surface area contributed by atoms with E-state index in [2.05, 4.69) is 56.2 Å². The Morgan fingerprint density at radius 2 is 1.48 bits per heavy atom. The van der Waals surface area contributed by atoms with Gasteiger partial charge in [0.15, 0.2) is 0 Å². The summed E-state index contributed by atoms with van der Waals surface area (Å²) in [7, 11) is 4.95. The predicted molar refractivity (Wildman–Crippen MR) is 132 cm³/mol. The van der Waals surface area contributed by atoms with Crippen LogP contribution in [0.2, 0.25) is 0 Å². The second-order valence-corrected chi connectivity index (χ2v) is 18.0. The van der Waals surface area contributed by atoms with Crippen LogP contribution in [0.15, 0.2) is 34.1 Å². The van der Waals surface area contributed by atoms with Crippen molar-refractivity contribution in [2.45, 2.75) is 65.1 Å². The van der Waals surface area contributed by atoms with Gasteiger partial charge >= 0.3 is 0 Å². The predicted octanol–water partition coefficient (Wildman–Crippen LogP) is 5.40. The molecule has 0 aliphatic heterocycles. The fourth-order valence-electron chi connectivity index (χ4n) is 5.65. The van der Waals surface area contributed by atoms with Crippen molar-refractivity contribution in [3.05, 3.63) is 24.3 Å². The summed E-state index contributed by atoms with van der Waals surface area (Å²) in [4.78, 5) is 2.99. The largest absolute Gasteiger partial charge is 0.394 e. The van der Waals surface area contributed by atoms with Gasteiger partial charge in [0.1, 0.15) is 0 Å². The molecular weight excluding hydrogens is 395 g/mol. The maximum Gasteiger partial charge on any atom is 0.0872 e. The standard InChI is InChI=1S/C24H41BO2S2/c1-24(25,15-6-17-27-18-16-26)29(4,5)22-13-11-21(12-14-22)28(2,3)23-19-7-8-20(23)10-9-19/h11-14,19-20,23,26H,6-10,15-18H2,1-5H3. The van der Waals surface area contributed by atoms with Gasteiger partial charge in [0.2, 0.25) is 0 Å². The van der Waals surface area contributed by atoms with Crippen LogP contribution in [-0.2, 0) is 4.74 Å². The van der Waals surface area contributed by atoms with E-state index in [0.29, 0.717) is 13.2 Å². The fraction of sp³-hybridized carbons (Fsp3) is 0.750. The lowest BCUT2D eigenvalue weighted by Crippen LogP contribution is -2.32. The van der Waals surface area contributed by atoms with Crippen LogP contribution in [0.3, 0.4) is 0 Å². The number of hydrogen-bond donors (Lipinski definition) is 1. The minimum atomic E-state index is -1.14. The molecule has 1 aromatic carbocycles. The van der Waals surface area contributed by atoms with Crippen molar-refractivity contribution in [1.29, 1.82) is 0 Å². The van der Waals surface area contributed by atoms with E-state index in [9.17, 15) is 0 Å². The van der Waals surface area contributed by atoms with Gasteiger partial charge in [-0.15, -0.1) is 0 Å². The Labute approximate surface area is 183 Å². The Morgan fingerprint density at radius 1 is 0.966 bits per heavy atom. The Balaban J connectivity index is 1.69. The maximum absolute atomic E-state index is 8.84. The van der Waals surface area contributed by atoms with Crippen LogP contribution in [0, 0.1) is 11.8 Å². The monoisotopic (exact) mass is 436 g/mol. The van der Waals surface area contributed by atoms with Crippen LogP contribution in [0.1, 0.15) is 45.4 Å². The molecule has 2 radical (unpaired) electrons. The number of aliphatic hydroxyl groups is 1. The molecule has 1 atom stereocenters. The normalized spacial score (nSPS) is 27.7. The minimum Gasteiger partial charge on any atom is -0.394 e. The van der Waals surface area contributed by atoms with Gasteiger partial charge in [-0.25, -0.2) is 20.1 Å². The molecule has 164 valence electrons. The summed E-state index contributed by atoms with van der Waals surface area (Å²) in [5.74, 6) is 1.96. The molecule has 1 unspecified atom stereocenters. The molecule has 2 saturated carbocycles. The lowest BCUT2D eigenvalue weighted by atomic mass is 9.84. The van der Waals surface area contributed by atoms with Gasteiger partial charge in [-0.2, -0.15) is 0 Å². The highest BCUT2D eigenvalue weighted by molar-refractivity contribution is 8.34. The van der Waals surface area contributed by atoms with E-state index >= 15 is 0 Å². The molecular formula is C24H41BO2S2. The smallest absolute Gasteiger partial charge is 0.0872 e. The number of ether oxygens (including phenoxy) is 1. The molecule has 2 aliphatic rings. The van der Waals surface area contributed by atoms with Gasteiger partial charge < -0.3 is 9.84 Å². The van der Waals surface area contributed by atoms with Crippen molar-refractivity contribution in [3.63, 3.8) is 0 Å². The van der Waals surface area contributed by atoms with Crippen molar-refractivity contribution in [2.24, 2.45) is 11.8 Å². The number of hydrogen-bond acceptors (Lipinski definition) is 2. The van der Waals surface area contributed by atoms with Gasteiger partial charge in [-0.3, -0.25) is 0 Å². The zero-order valence-corrected chi connectivity index (χ0v) is 20.8. The van der Waals surface area contributed by atoms with Crippen LogP contribution in [0.4, 0.5) is 0 Å². The first-order valence-electron chi connectivity index (χ1n) is 11.1. The molecule has 1 aromatic rings. The summed E-state index contributed by atoms with van der Waals surface area (Å²) >= 11 is 0. The Bertz CT molecular complexity index is 652. The van der Waals surface area contributed by atoms with E-state index in [0.717, 1.165) is 29.9 Å². The van der Waals surface area contributed by atoms with Gasteiger partial charge in [0.05, 0.1) is 21.1 Å². The van der Waals surface area contributed by atoms with E-state index in [1.165, 1.54) is 30.6 Å². The van der Waals surface area contributed by atoms with Crippen LogP contribution in [0.5, 0.6) is 0 Å². The molecule has 5 heteroatoms. The van der Waals surface area contributed by atoms with E-state index < -0.39 is 20.1 Å². The second-order valence-electron chi connectivity index (χ2n) is 10.1. The summed E-state index contributed by atoms with van der Waals surface area (Å²) in [6.45, 7) is 3.38. The molecule has 0 spiro atoms. The Kier molecular flexibility index (Phi) is 7.46. The van der Waals surface area contributed by atoms with Crippen molar-refractivity contribution >= 4 is 27.9 Å². The van der Waals surface area contributed by atoms with Crippen molar-refractivity contribution < 1.29 is 9.84 Å². The van der Waals surface area contributed by atoms with Crippen LogP contribution in [-0.4, -0.2) is 67.7 Å². The lowest BCUT2D eigenvalue weighted by molar-refractivity contribution is 0.0895. The molecule has 0 saturated heterocycles. The zero-order chi connectivity index (χ0) is 21.3. The molecule has 2 fully saturated rings. The molecule has 1 N–H and O–H groups in total. The molecule has 2 nitrogen and oxygen atoms in total. The number of fused-ring (bicyclic) bond motifs is 2. The molecule has 3 rings (SSSR count). The highest BCUT2D eigenvalue weighted by Crippen LogP contribution is 2.67. The molecule has 2 bridgehead atoms. The number of rotatable bonds is 10. The lowest BCUT2D eigenvalue weighted by Gasteiger charge is -2.48. The molecule has 0 aromatic heterocycles. The molecule has 29 heavy (non-hydrogen) atoms. The van der Waals surface area contributed by atoms with Crippen molar-refractivity contribution in [2.75, 3.05) is 44.8 Å². The van der Waals surface area contributed by atoms with Gasteiger partial charge in [0.25, 0.3) is 0 Å². The van der Waals surface area contributed by atoms with Gasteiger partial charge in [0, 0.05) is 6.61 Å². The minimum absolute atomic E-state index is 0.0870. The highest BCUT2D eigenvalue weighted by Gasteiger charge is 2.47. The number of benzene rings is 1. The summed E-state index contributed by atoms with van der Waals surface area (Å²) in [5, 5.41) is 9.78. The summed E-state index contributed by atoms with van der Waals surface area (Å²) < 4.78 is 5.20. The zero-order valence-electron chi connectivity index (χ0n) is 19.2. The van der Waals surface area contributed by atoms with Gasteiger partial charge in [-0.05, 0) is 119 Å². The van der Waals surface area contributed by atoms with Crippen LogP contribution in [0.25, 0.3) is 0 Å². The average Bonchev–Trinajstić information content (AvgIpc) is 3.29. The number of aliphatic hydroxyl groups excluding tert-OH is 1. The van der Waals surface area contributed by atoms with E-state index in [1.807, 2.05) is 0 Å². The molecule has 0 heterocycles. The maximum atomic E-state index is 8.84. The summed E-state index contributed by atoms with van der Waals surface area (Å²) in [5.41, 5.74) is 0. The second kappa shape index (κ2) is 9.18. The Hall–Kier alpha value is -0.0951. The third-order valence-corrected chi connectivity index (χ3v) is 15.4. The molecule has 0 amide bonds. The van der Waals surface area contributed by atoms with Gasteiger partial charge in [-0.1, -0.05) is 6.92 Å². The quantitative estimate of drug-likeness (QED) is 0.393. The van der Waals surface area contributed by atoms with Crippen molar-refractivity contribution in [3.8, 4) is 0 Å². The first-order valence-corrected chi connectivity index (χ1v) is 16.1. The van der Waals surface area contributed by atoms with Crippen molar-refractivity contribution in [1.82, 2.24) is 0 Å². The first kappa shape index (κ1) is 23.6.